The first-order valence-electron chi connectivity index (χ1n) is 6.06. The van der Waals surface area contributed by atoms with Crippen molar-refractivity contribution in [1.29, 1.82) is 0 Å². The Morgan fingerprint density at radius 1 is 1.25 bits per heavy atom. The van der Waals surface area contributed by atoms with Crippen LogP contribution in [0.1, 0.15) is 36.7 Å². The largest absolute Gasteiger partial charge is 0.465 e. The Labute approximate surface area is 124 Å². The van der Waals surface area contributed by atoms with Gasteiger partial charge in [-0.1, -0.05) is 0 Å². The van der Waals surface area contributed by atoms with Crippen molar-refractivity contribution >= 4 is 30.4 Å². The fourth-order valence-electron chi connectivity index (χ4n) is 1.56. The number of thiol groups is 1. The number of ether oxygens (including phenoxy) is 2. The molecule has 110 valence electrons. The second-order valence-corrected chi connectivity index (χ2v) is 5.80. The van der Waals surface area contributed by atoms with Crippen molar-refractivity contribution in [2.24, 2.45) is 0 Å². The summed E-state index contributed by atoms with van der Waals surface area (Å²) in [5.41, 5.74) is 0.820. The second kappa shape index (κ2) is 6.17. The van der Waals surface area contributed by atoms with Gasteiger partial charge in [-0.25, -0.2) is 9.59 Å². The standard InChI is InChI=1S/C14H19NO4S/c1-8-10(12(16)18-5)6-9(20)7-11(8)15-13(17)19-14(2,3)4/h6-7,20H,1-5H3,(H,15,17). The molecule has 1 rings (SSSR count). The van der Waals surface area contributed by atoms with E-state index >= 15 is 0 Å². The smallest absolute Gasteiger partial charge is 0.412 e. The average Bonchev–Trinajstić information content (AvgIpc) is 2.29. The lowest BCUT2D eigenvalue weighted by molar-refractivity contribution is 0.0595. The molecule has 0 saturated heterocycles. The van der Waals surface area contributed by atoms with Crippen molar-refractivity contribution in [1.82, 2.24) is 0 Å². The summed E-state index contributed by atoms with van der Waals surface area (Å²) in [6.07, 6.45) is -0.588. The fraction of sp³-hybridized carbons (Fsp3) is 0.429. The van der Waals surface area contributed by atoms with Crippen molar-refractivity contribution in [3.8, 4) is 0 Å². The predicted molar refractivity (Wildman–Crippen MR) is 79.6 cm³/mol. The molecule has 0 unspecified atom stereocenters. The SMILES string of the molecule is COC(=O)c1cc(S)cc(NC(=O)OC(C)(C)C)c1C. The summed E-state index contributed by atoms with van der Waals surface area (Å²) >= 11 is 4.21. The van der Waals surface area contributed by atoms with Crippen LogP contribution >= 0.6 is 12.6 Å². The van der Waals surface area contributed by atoms with E-state index in [9.17, 15) is 9.59 Å². The topological polar surface area (TPSA) is 64.6 Å². The Morgan fingerprint density at radius 3 is 2.35 bits per heavy atom. The van der Waals surface area contributed by atoms with Crippen LogP contribution in [0.25, 0.3) is 0 Å². The zero-order valence-electron chi connectivity index (χ0n) is 12.2. The van der Waals surface area contributed by atoms with Gasteiger partial charge in [-0.2, -0.15) is 0 Å². The molecule has 0 bridgehead atoms. The minimum atomic E-state index is -0.595. The summed E-state index contributed by atoms with van der Waals surface area (Å²) in [6.45, 7) is 7.03. The summed E-state index contributed by atoms with van der Waals surface area (Å²) in [5.74, 6) is -0.481. The highest BCUT2D eigenvalue weighted by molar-refractivity contribution is 7.80. The number of hydrogen-bond acceptors (Lipinski definition) is 5. The lowest BCUT2D eigenvalue weighted by atomic mass is 10.1. The van der Waals surface area contributed by atoms with Gasteiger partial charge in [-0.3, -0.25) is 5.32 Å². The molecule has 0 aliphatic rings. The highest BCUT2D eigenvalue weighted by Gasteiger charge is 2.19. The molecule has 20 heavy (non-hydrogen) atoms. The van der Waals surface area contributed by atoms with E-state index in [-0.39, 0.29) is 0 Å². The van der Waals surface area contributed by atoms with Gasteiger partial charge in [0.15, 0.2) is 0 Å². The molecule has 1 aromatic carbocycles. The number of nitrogens with one attached hydrogen (secondary N) is 1. The molecule has 6 heteroatoms. The van der Waals surface area contributed by atoms with E-state index in [4.69, 9.17) is 9.47 Å². The minimum Gasteiger partial charge on any atom is -0.465 e. The molecule has 0 spiro atoms. The summed E-state index contributed by atoms with van der Waals surface area (Å²) in [5, 5.41) is 2.61. The molecule has 0 saturated carbocycles. The molecular formula is C14H19NO4S. The average molecular weight is 297 g/mol. The van der Waals surface area contributed by atoms with Gasteiger partial charge in [0.05, 0.1) is 12.7 Å². The van der Waals surface area contributed by atoms with Crippen LogP contribution in [-0.4, -0.2) is 24.8 Å². The number of benzene rings is 1. The zero-order chi connectivity index (χ0) is 15.5. The lowest BCUT2D eigenvalue weighted by Gasteiger charge is -2.20. The molecular weight excluding hydrogens is 278 g/mol. The number of anilines is 1. The molecule has 0 heterocycles. The highest BCUT2D eigenvalue weighted by Crippen LogP contribution is 2.25. The maximum Gasteiger partial charge on any atom is 0.412 e. The number of esters is 1. The molecule has 0 atom stereocenters. The monoisotopic (exact) mass is 297 g/mol. The van der Waals surface area contributed by atoms with E-state index in [1.807, 2.05) is 0 Å². The summed E-state index contributed by atoms with van der Waals surface area (Å²) in [7, 11) is 1.30. The number of methoxy groups -OCH3 is 1. The summed E-state index contributed by atoms with van der Waals surface area (Å²) in [6, 6.07) is 3.24. The van der Waals surface area contributed by atoms with Crippen molar-refractivity contribution in [3.05, 3.63) is 23.3 Å². The Hall–Kier alpha value is -1.69. The number of hydrogen-bond donors (Lipinski definition) is 2. The number of carbonyl (C=O) groups excluding carboxylic acids is 2. The number of carbonyl (C=O) groups is 2. The van der Waals surface area contributed by atoms with Crippen LogP contribution in [0.3, 0.4) is 0 Å². The van der Waals surface area contributed by atoms with Crippen LogP contribution in [0.4, 0.5) is 10.5 Å². The van der Waals surface area contributed by atoms with E-state index in [0.29, 0.717) is 21.7 Å². The highest BCUT2D eigenvalue weighted by atomic mass is 32.1. The molecule has 1 amide bonds. The maximum absolute atomic E-state index is 11.8. The zero-order valence-corrected chi connectivity index (χ0v) is 13.1. The Bertz CT molecular complexity index is 535. The van der Waals surface area contributed by atoms with Gasteiger partial charge in [0, 0.05) is 10.6 Å². The quantitative estimate of drug-likeness (QED) is 0.648. The number of rotatable bonds is 2. The molecule has 0 aliphatic carbocycles. The van der Waals surface area contributed by atoms with Gasteiger partial charge in [0.25, 0.3) is 0 Å². The van der Waals surface area contributed by atoms with E-state index in [2.05, 4.69) is 17.9 Å². The first-order chi connectivity index (χ1) is 9.14. The molecule has 0 aliphatic heterocycles. The van der Waals surface area contributed by atoms with Crippen molar-refractivity contribution in [2.45, 2.75) is 38.2 Å². The first kappa shape index (κ1) is 16.4. The van der Waals surface area contributed by atoms with Gasteiger partial charge >= 0.3 is 12.1 Å². The van der Waals surface area contributed by atoms with Gasteiger partial charge in [-0.05, 0) is 45.4 Å². The molecule has 1 N–H and O–H groups in total. The van der Waals surface area contributed by atoms with Gasteiger partial charge in [-0.15, -0.1) is 12.6 Å². The predicted octanol–water partition coefficient (Wildman–Crippen LogP) is 3.42. The molecule has 5 nitrogen and oxygen atoms in total. The summed E-state index contributed by atoms with van der Waals surface area (Å²) in [4.78, 5) is 24.0. The summed E-state index contributed by atoms with van der Waals surface area (Å²) < 4.78 is 9.87. The normalized spacial score (nSPS) is 10.9. The van der Waals surface area contributed by atoms with E-state index in [1.165, 1.54) is 7.11 Å². The first-order valence-corrected chi connectivity index (χ1v) is 6.50. The van der Waals surface area contributed by atoms with Crippen molar-refractivity contribution in [3.63, 3.8) is 0 Å². The van der Waals surface area contributed by atoms with Crippen LogP contribution in [-0.2, 0) is 9.47 Å². The maximum atomic E-state index is 11.8. The lowest BCUT2D eigenvalue weighted by Crippen LogP contribution is -2.27. The van der Waals surface area contributed by atoms with Crippen LogP contribution < -0.4 is 5.32 Å². The fourth-order valence-corrected chi connectivity index (χ4v) is 1.82. The third-order valence-corrected chi connectivity index (χ3v) is 2.69. The van der Waals surface area contributed by atoms with Crippen LogP contribution in [0, 0.1) is 6.92 Å². The molecule has 0 aromatic heterocycles. The van der Waals surface area contributed by atoms with Gasteiger partial charge < -0.3 is 9.47 Å². The Kier molecular flexibility index (Phi) is 5.05. The van der Waals surface area contributed by atoms with Crippen LogP contribution in [0.2, 0.25) is 0 Å². The van der Waals surface area contributed by atoms with Crippen LogP contribution in [0.15, 0.2) is 17.0 Å². The van der Waals surface area contributed by atoms with E-state index in [1.54, 1.807) is 39.8 Å². The van der Waals surface area contributed by atoms with Crippen LogP contribution in [0.5, 0.6) is 0 Å². The minimum absolute atomic E-state index is 0.353. The van der Waals surface area contributed by atoms with Gasteiger partial charge in [0.1, 0.15) is 5.60 Å². The van der Waals surface area contributed by atoms with E-state index in [0.717, 1.165) is 0 Å². The molecule has 1 aromatic rings. The van der Waals surface area contributed by atoms with Crippen molar-refractivity contribution < 1.29 is 19.1 Å². The number of amides is 1. The third-order valence-electron chi connectivity index (χ3n) is 2.43. The van der Waals surface area contributed by atoms with Crippen molar-refractivity contribution in [2.75, 3.05) is 12.4 Å². The van der Waals surface area contributed by atoms with E-state index < -0.39 is 17.7 Å². The van der Waals surface area contributed by atoms with Gasteiger partial charge in [0.2, 0.25) is 0 Å². The Morgan fingerprint density at radius 2 is 1.85 bits per heavy atom. The third kappa shape index (κ3) is 4.45. The molecule has 0 radical (unpaired) electrons. The Balaban J connectivity index is 3.04. The second-order valence-electron chi connectivity index (χ2n) is 5.28. The molecule has 0 fully saturated rings.